The van der Waals surface area contributed by atoms with Crippen LogP contribution < -0.4 is 4.57 Å². The quantitative estimate of drug-likeness (QED) is 0.550. The number of allylic oxidation sites excluding steroid dienone is 1. The molecule has 0 saturated heterocycles. The number of rotatable bonds is 2. The van der Waals surface area contributed by atoms with E-state index in [0.29, 0.717) is 0 Å². The van der Waals surface area contributed by atoms with Crippen LogP contribution in [0.4, 0.5) is 0 Å². The summed E-state index contributed by atoms with van der Waals surface area (Å²) in [6.07, 6.45) is 6.05. The van der Waals surface area contributed by atoms with Gasteiger partial charge in [-0.15, -0.1) is 0 Å². The van der Waals surface area contributed by atoms with Gasteiger partial charge in [-0.2, -0.15) is 0 Å². The summed E-state index contributed by atoms with van der Waals surface area (Å²) in [5.41, 5.74) is 0.0868. The van der Waals surface area contributed by atoms with E-state index in [0.717, 1.165) is 5.82 Å². The van der Waals surface area contributed by atoms with Crippen molar-refractivity contribution in [2.24, 2.45) is 5.41 Å². The molecule has 0 bridgehead atoms. The molecule has 0 aliphatic rings. The standard InChI is InChI=1S/C12H20N2/c1-7-12(6,11(3,4)5)14-9-8-13-10(14)2/h7-9H,1H2,2-6H3/p+1. The number of nitrogens with zero attached hydrogens (tertiary/aromatic N) is 1. The molecular formula is C12H21N2+. The van der Waals surface area contributed by atoms with Crippen LogP contribution in [0.15, 0.2) is 25.0 Å². The first-order chi connectivity index (χ1) is 6.33. The van der Waals surface area contributed by atoms with Crippen LogP contribution in [0.5, 0.6) is 0 Å². The van der Waals surface area contributed by atoms with Gasteiger partial charge in [-0.05, 0) is 13.0 Å². The van der Waals surface area contributed by atoms with Gasteiger partial charge in [0.05, 0.1) is 0 Å². The fourth-order valence-electron chi connectivity index (χ4n) is 1.68. The number of H-pyrrole nitrogens is 1. The Labute approximate surface area is 86.7 Å². The maximum Gasteiger partial charge on any atom is 0.251 e. The van der Waals surface area contributed by atoms with Gasteiger partial charge in [0.15, 0.2) is 0 Å². The van der Waals surface area contributed by atoms with Crippen LogP contribution in [-0.2, 0) is 5.54 Å². The lowest BCUT2D eigenvalue weighted by atomic mass is 9.74. The van der Waals surface area contributed by atoms with Crippen LogP contribution in [0.25, 0.3) is 0 Å². The molecular weight excluding hydrogens is 172 g/mol. The zero-order valence-electron chi connectivity index (χ0n) is 9.89. The Hall–Kier alpha value is -1.05. The van der Waals surface area contributed by atoms with Gasteiger partial charge in [-0.1, -0.05) is 27.4 Å². The van der Waals surface area contributed by atoms with Crippen molar-refractivity contribution in [1.29, 1.82) is 0 Å². The van der Waals surface area contributed by atoms with Gasteiger partial charge >= 0.3 is 0 Å². The first-order valence-corrected chi connectivity index (χ1v) is 5.02. The smallest absolute Gasteiger partial charge is 0.248 e. The van der Waals surface area contributed by atoms with E-state index >= 15 is 0 Å². The van der Waals surface area contributed by atoms with E-state index < -0.39 is 0 Å². The normalized spacial score (nSPS) is 16.4. The van der Waals surface area contributed by atoms with Crippen molar-refractivity contribution in [1.82, 2.24) is 4.98 Å². The predicted octanol–water partition coefficient (Wildman–Crippen LogP) is 2.56. The minimum Gasteiger partial charge on any atom is -0.248 e. The van der Waals surface area contributed by atoms with Crippen molar-refractivity contribution in [2.45, 2.75) is 40.2 Å². The molecule has 1 unspecified atom stereocenters. The maximum atomic E-state index is 3.96. The van der Waals surface area contributed by atoms with Crippen molar-refractivity contribution in [3.63, 3.8) is 0 Å². The molecule has 2 heteroatoms. The summed E-state index contributed by atoms with van der Waals surface area (Å²) in [6.45, 7) is 14.9. The van der Waals surface area contributed by atoms with E-state index in [1.165, 1.54) is 0 Å². The van der Waals surface area contributed by atoms with Crippen molar-refractivity contribution >= 4 is 0 Å². The summed E-state index contributed by atoms with van der Waals surface area (Å²) in [5.74, 6) is 1.15. The van der Waals surface area contributed by atoms with Crippen molar-refractivity contribution in [2.75, 3.05) is 0 Å². The van der Waals surface area contributed by atoms with Crippen LogP contribution in [0.3, 0.4) is 0 Å². The molecule has 1 atom stereocenters. The Kier molecular flexibility index (Phi) is 2.57. The van der Waals surface area contributed by atoms with Crippen LogP contribution in [-0.4, -0.2) is 4.98 Å². The molecule has 1 aromatic rings. The minimum atomic E-state index is -0.0584. The third-order valence-electron chi connectivity index (χ3n) is 3.29. The van der Waals surface area contributed by atoms with Gasteiger partial charge in [0.2, 0.25) is 0 Å². The molecule has 0 aromatic carbocycles. The van der Waals surface area contributed by atoms with Crippen LogP contribution >= 0.6 is 0 Å². The number of aromatic amines is 1. The first kappa shape index (κ1) is 11.0. The van der Waals surface area contributed by atoms with Gasteiger partial charge in [0.25, 0.3) is 5.82 Å². The monoisotopic (exact) mass is 193 g/mol. The third-order valence-corrected chi connectivity index (χ3v) is 3.29. The SMILES string of the molecule is C=CC(C)([n+]1cc[nH]c1C)C(C)(C)C. The van der Waals surface area contributed by atoms with Gasteiger partial charge in [-0.3, -0.25) is 0 Å². The number of aryl methyl sites for hydroxylation is 1. The topological polar surface area (TPSA) is 19.7 Å². The van der Waals surface area contributed by atoms with Gasteiger partial charge in [0.1, 0.15) is 17.9 Å². The maximum absolute atomic E-state index is 3.96. The second kappa shape index (κ2) is 3.26. The highest BCUT2D eigenvalue weighted by molar-refractivity contribution is 4.97. The summed E-state index contributed by atoms with van der Waals surface area (Å²) in [5, 5.41) is 0. The zero-order chi connectivity index (χ0) is 11.0. The first-order valence-electron chi connectivity index (χ1n) is 5.02. The molecule has 2 nitrogen and oxygen atoms in total. The summed E-state index contributed by atoms with van der Waals surface area (Å²) < 4.78 is 2.24. The largest absolute Gasteiger partial charge is 0.251 e. The molecule has 0 fully saturated rings. The van der Waals surface area contributed by atoms with Crippen molar-refractivity contribution in [3.8, 4) is 0 Å². The lowest BCUT2D eigenvalue weighted by Gasteiger charge is -2.36. The fraction of sp³-hybridized carbons (Fsp3) is 0.583. The van der Waals surface area contributed by atoms with Crippen LogP contribution in [0.1, 0.15) is 33.5 Å². The van der Waals surface area contributed by atoms with E-state index in [2.05, 4.69) is 56.9 Å². The fourth-order valence-corrected chi connectivity index (χ4v) is 1.68. The Balaban J connectivity index is 3.29. The minimum absolute atomic E-state index is 0.0584. The molecule has 1 heterocycles. The van der Waals surface area contributed by atoms with Crippen LogP contribution in [0, 0.1) is 12.3 Å². The van der Waals surface area contributed by atoms with Crippen molar-refractivity contribution < 1.29 is 4.57 Å². The van der Waals surface area contributed by atoms with E-state index in [1.54, 1.807) is 0 Å². The summed E-state index contributed by atoms with van der Waals surface area (Å²) >= 11 is 0. The zero-order valence-corrected chi connectivity index (χ0v) is 9.89. The van der Waals surface area contributed by atoms with Gasteiger partial charge in [0, 0.05) is 12.3 Å². The summed E-state index contributed by atoms with van der Waals surface area (Å²) in [6, 6.07) is 0. The highest BCUT2D eigenvalue weighted by Crippen LogP contribution is 2.33. The molecule has 1 rings (SSSR count). The molecule has 0 radical (unpaired) electrons. The average Bonchev–Trinajstić information content (AvgIpc) is 2.48. The third kappa shape index (κ3) is 1.49. The Morgan fingerprint density at radius 2 is 1.93 bits per heavy atom. The Morgan fingerprint density at radius 1 is 1.36 bits per heavy atom. The molecule has 78 valence electrons. The van der Waals surface area contributed by atoms with E-state index in [4.69, 9.17) is 0 Å². The van der Waals surface area contributed by atoms with E-state index in [9.17, 15) is 0 Å². The Bertz CT molecular complexity index is 330. The molecule has 0 amide bonds. The Morgan fingerprint density at radius 3 is 2.21 bits per heavy atom. The van der Waals surface area contributed by atoms with E-state index in [1.807, 2.05) is 12.3 Å². The van der Waals surface area contributed by atoms with E-state index in [-0.39, 0.29) is 11.0 Å². The molecule has 14 heavy (non-hydrogen) atoms. The molecule has 0 aliphatic heterocycles. The van der Waals surface area contributed by atoms with Crippen molar-refractivity contribution in [3.05, 3.63) is 30.9 Å². The second-order valence-electron chi connectivity index (χ2n) is 5.02. The number of aromatic nitrogens is 2. The number of hydrogen-bond acceptors (Lipinski definition) is 0. The van der Waals surface area contributed by atoms with Gasteiger partial charge < -0.3 is 0 Å². The average molecular weight is 193 g/mol. The predicted molar refractivity (Wildman–Crippen MR) is 59.0 cm³/mol. The lowest BCUT2D eigenvalue weighted by molar-refractivity contribution is -0.767. The number of nitrogens with one attached hydrogen (secondary N) is 1. The second-order valence-corrected chi connectivity index (χ2v) is 5.02. The van der Waals surface area contributed by atoms with Crippen LogP contribution in [0.2, 0.25) is 0 Å². The molecule has 0 aliphatic carbocycles. The summed E-state index contributed by atoms with van der Waals surface area (Å²) in [4.78, 5) is 3.20. The number of imidazole rings is 1. The molecule has 0 spiro atoms. The van der Waals surface area contributed by atoms with Gasteiger partial charge in [-0.25, -0.2) is 9.55 Å². The molecule has 1 aromatic heterocycles. The highest BCUT2D eigenvalue weighted by atomic mass is 15.1. The lowest BCUT2D eigenvalue weighted by Crippen LogP contribution is -2.60. The molecule has 0 saturated carbocycles. The summed E-state index contributed by atoms with van der Waals surface area (Å²) in [7, 11) is 0. The highest BCUT2D eigenvalue weighted by Gasteiger charge is 2.41. The molecule has 1 N–H and O–H groups in total. The number of hydrogen-bond donors (Lipinski definition) is 1.